The van der Waals surface area contributed by atoms with Crippen LogP contribution >= 0.6 is 11.6 Å². The van der Waals surface area contributed by atoms with Crippen LogP contribution in [0.15, 0.2) is 65.3 Å². The number of benzene rings is 2. The highest BCUT2D eigenvalue weighted by Gasteiger charge is 2.32. The third-order valence-electron chi connectivity index (χ3n) is 6.08. The second-order valence-corrected chi connectivity index (χ2v) is 8.59. The molecule has 3 heterocycles. The molecule has 0 amide bonds. The van der Waals surface area contributed by atoms with Crippen molar-refractivity contribution in [1.82, 2.24) is 25.1 Å². The van der Waals surface area contributed by atoms with E-state index in [-0.39, 0.29) is 5.82 Å². The zero-order valence-corrected chi connectivity index (χ0v) is 19.0. The minimum Gasteiger partial charge on any atom is -0.467 e. The Labute approximate surface area is 196 Å². The van der Waals surface area contributed by atoms with Crippen molar-refractivity contribution in [3.05, 3.63) is 94.4 Å². The van der Waals surface area contributed by atoms with Crippen LogP contribution in [0.4, 0.5) is 10.1 Å². The molecule has 0 radical (unpaired) electrons. The molecule has 0 aliphatic carbocycles. The Kier molecular flexibility index (Phi) is 6.11. The molecule has 1 aliphatic rings. The van der Waals surface area contributed by atoms with E-state index in [2.05, 4.69) is 32.2 Å². The number of furan rings is 1. The fraction of sp³-hybridized carbons (Fsp3) is 0.292. The molecule has 0 unspecified atom stereocenters. The van der Waals surface area contributed by atoms with Gasteiger partial charge in [0, 0.05) is 42.5 Å². The van der Waals surface area contributed by atoms with Crippen molar-refractivity contribution in [2.45, 2.75) is 19.5 Å². The zero-order chi connectivity index (χ0) is 22.8. The van der Waals surface area contributed by atoms with Crippen molar-refractivity contribution in [2.24, 2.45) is 0 Å². The van der Waals surface area contributed by atoms with Gasteiger partial charge in [-0.3, -0.25) is 4.90 Å². The smallest absolute Gasteiger partial charge is 0.173 e. The van der Waals surface area contributed by atoms with Gasteiger partial charge in [0.1, 0.15) is 24.2 Å². The van der Waals surface area contributed by atoms with Gasteiger partial charge in [-0.15, -0.1) is 5.10 Å². The summed E-state index contributed by atoms with van der Waals surface area (Å²) >= 11 is 6.24. The highest BCUT2D eigenvalue weighted by Crippen LogP contribution is 2.32. The number of piperazine rings is 1. The summed E-state index contributed by atoms with van der Waals surface area (Å²) in [5, 5.41) is 13.1. The summed E-state index contributed by atoms with van der Waals surface area (Å²) in [6.45, 7) is 5.47. The maximum Gasteiger partial charge on any atom is 0.173 e. The largest absolute Gasteiger partial charge is 0.467 e. The van der Waals surface area contributed by atoms with Crippen molar-refractivity contribution in [1.29, 1.82) is 0 Å². The highest BCUT2D eigenvalue weighted by atomic mass is 35.5. The summed E-state index contributed by atoms with van der Waals surface area (Å²) in [6.07, 6.45) is 1.62. The van der Waals surface area contributed by atoms with E-state index in [0.717, 1.165) is 42.6 Å². The summed E-state index contributed by atoms with van der Waals surface area (Å²) in [6, 6.07) is 16.1. The van der Waals surface area contributed by atoms with Crippen molar-refractivity contribution in [3.8, 4) is 0 Å². The predicted molar refractivity (Wildman–Crippen MR) is 124 cm³/mol. The molecule has 1 aliphatic heterocycles. The molecule has 2 aromatic heterocycles. The zero-order valence-electron chi connectivity index (χ0n) is 18.2. The van der Waals surface area contributed by atoms with Gasteiger partial charge >= 0.3 is 0 Å². The molecular weight excluding hydrogens is 443 g/mol. The molecule has 1 atom stereocenters. The first-order valence-electron chi connectivity index (χ1n) is 10.9. The maximum absolute atomic E-state index is 15.0. The Morgan fingerprint density at radius 2 is 1.88 bits per heavy atom. The Morgan fingerprint density at radius 1 is 1.06 bits per heavy atom. The molecule has 33 heavy (non-hydrogen) atoms. The van der Waals surface area contributed by atoms with Gasteiger partial charge in [0.05, 0.1) is 6.26 Å². The van der Waals surface area contributed by atoms with Crippen molar-refractivity contribution >= 4 is 17.3 Å². The molecule has 2 aromatic carbocycles. The Hall–Kier alpha value is -3.23. The number of nitrogens with zero attached hydrogens (tertiary/aromatic N) is 6. The van der Waals surface area contributed by atoms with Gasteiger partial charge in [-0.05, 0) is 53.2 Å². The summed E-state index contributed by atoms with van der Waals surface area (Å²) in [4.78, 5) is 4.56. The number of tetrazole rings is 1. The summed E-state index contributed by atoms with van der Waals surface area (Å²) in [7, 11) is 0. The van der Waals surface area contributed by atoms with Crippen LogP contribution < -0.4 is 4.90 Å². The Morgan fingerprint density at radius 3 is 2.64 bits per heavy atom. The van der Waals surface area contributed by atoms with Crippen LogP contribution in [0, 0.1) is 12.7 Å². The minimum absolute atomic E-state index is 0.275. The van der Waals surface area contributed by atoms with E-state index in [1.54, 1.807) is 23.1 Å². The van der Waals surface area contributed by atoms with Gasteiger partial charge in [0.25, 0.3) is 0 Å². The van der Waals surface area contributed by atoms with Gasteiger partial charge in [0.15, 0.2) is 5.82 Å². The molecule has 0 saturated carbocycles. The van der Waals surface area contributed by atoms with E-state index < -0.39 is 6.04 Å². The summed E-state index contributed by atoms with van der Waals surface area (Å²) in [5.74, 6) is 1.05. The average Bonchev–Trinajstić information content (AvgIpc) is 3.50. The van der Waals surface area contributed by atoms with E-state index >= 15 is 0 Å². The second kappa shape index (κ2) is 9.33. The van der Waals surface area contributed by atoms with Crippen LogP contribution in [0.2, 0.25) is 5.02 Å². The lowest BCUT2D eigenvalue weighted by Crippen LogP contribution is -2.48. The third kappa shape index (κ3) is 4.49. The Bertz CT molecular complexity index is 1220. The molecule has 170 valence electrons. The monoisotopic (exact) mass is 466 g/mol. The van der Waals surface area contributed by atoms with E-state index in [1.165, 1.54) is 11.6 Å². The molecule has 1 saturated heterocycles. The number of hydrogen-bond acceptors (Lipinski definition) is 6. The summed E-state index contributed by atoms with van der Waals surface area (Å²) < 4.78 is 22.1. The van der Waals surface area contributed by atoms with Gasteiger partial charge < -0.3 is 9.32 Å². The van der Waals surface area contributed by atoms with Gasteiger partial charge in [-0.1, -0.05) is 35.9 Å². The van der Waals surface area contributed by atoms with E-state index in [4.69, 9.17) is 16.0 Å². The van der Waals surface area contributed by atoms with Gasteiger partial charge in [-0.25, -0.2) is 9.07 Å². The number of aryl methyl sites for hydroxylation is 1. The number of anilines is 1. The van der Waals surface area contributed by atoms with Crippen LogP contribution in [0.1, 0.15) is 28.8 Å². The lowest BCUT2D eigenvalue weighted by molar-refractivity contribution is 0.197. The molecule has 0 spiro atoms. The number of hydrogen-bond donors (Lipinski definition) is 0. The first kappa shape index (κ1) is 21.6. The third-order valence-corrected chi connectivity index (χ3v) is 6.32. The topological polar surface area (TPSA) is 63.2 Å². The fourth-order valence-electron chi connectivity index (χ4n) is 4.41. The molecular formula is C24H24ClFN6O. The lowest BCUT2D eigenvalue weighted by Gasteiger charge is -2.40. The van der Waals surface area contributed by atoms with Crippen LogP contribution in [0.25, 0.3) is 0 Å². The van der Waals surface area contributed by atoms with Crippen LogP contribution in [0.3, 0.4) is 0 Å². The lowest BCUT2D eigenvalue weighted by atomic mass is 10.0. The standard InChI is InChI=1S/C24H24ClFN6O/c1-17-8-9-18(25)15-22(17)30-10-12-31(13-11-30)23(20-6-2-3-7-21(20)26)24-27-28-29-32(24)16-19-5-4-14-33-19/h2-9,14-15,23H,10-13,16H2,1H3/t23-/m0/s1. The van der Waals surface area contributed by atoms with Crippen LogP contribution in [-0.2, 0) is 6.54 Å². The molecule has 0 bridgehead atoms. The first-order chi connectivity index (χ1) is 16.1. The molecule has 5 rings (SSSR count). The molecule has 0 N–H and O–H groups in total. The van der Waals surface area contributed by atoms with E-state index in [9.17, 15) is 4.39 Å². The minimum atomic E-state index is -0.418. The SMILES string of the molecule is Cc1ccc(Cl)cc1N1CCN([C@@H](c2ccccc2F)c2nnnn2Cc2ccco2)CC1. The van der Waals surface area contributed by atoms with Crippen LogP contribution in [-0.4, -0.2) is 51.3 Å². The van der Waals surface area contributed by atoms with Crippen molar-refractivity contribution in [3.63, 3.8) is 0 Å². The van der Waals surface area contributed by atoms with Gasteiger partial charge in [-0.2, -0.15) is 0 Å². The van der Waals surface area contributed by atoms with Crippen LogP contribution in [0.5, 0.6) is 0 Å². The van der Waals surface area contributed by atoms with Crippen molar-refractivity contribution < 1.29 is 8.81 Å². The number of halogens is 2. The van der Waals surface area contributed by atoms with E-state index in [0.29, 0.717) is 17.9 Å². The van der Waals surface area contributed by atoms with E-state index in [1.807, 2.05) is 36.4 Å². The number of aromatic nitrogens is 4. The second-order valence-electron chi connectivity index (χ2n) is 8.15. The van der Waals surface area contributed by atoms with Crippen molar-refractivity contribution in [2.75, 3.05) is 31.1 Å². The molecule has 1 fully saturated rings. The normalized spacial score (nSPS) is 15.7. The summed E-state index contributed by atoms with van der Waals surface area (Å²) in [5.41, 5.74) is 2.87. The number of rotatable bonds is 6. The fourth-order valence-corrected chi connectivity index (χ4v) is 4.58. The van der Waals surface area contributed by atoms with Gasteiger partial charge in [0.2, 0.25) is 0 Å². The average molecular weight is 467 g/mol. The highest BCUT2D eigenvalue weighted by molar-refractivity contribution is 6.30. The first-order valence-corrected chi connectivity index (χ1v) is 11.3. The molecule has 9 heteroatoms. The maximum atomic E-state index is 15.0. The molecule has 4 aromatic rings. The molecule has 7 nitrogen and oxygen atoms in total. The quantitative estimate of drug-likeness (QED) is 0.421. The Balaban J connectivity index is 1.44. The predicted octanol–water partition coefficient (Wildman–Crippen LogP) is 4.33.